The van der Waals surface area contributed by atoms with E-state index < -0.39 is 11.4 Å². The monoisotopic (exact) mass is 561 g/mol. The van der Waals surface area contributed by atoms with Gasteiger partial charge in [-0.3, -0.25) is 14.8 Å². The lowest BCUT2D eigenvalue weighted by Crippen LogP contribution is -2.55. The van der Waals surface area contributed by atoms with Crippen molar-refractivity contribution in [2.24, 2.45) is 0 Å². The van der Waals surface area contributed by atoms with Gasteiger partial charge in [0.1, 0.15) is 11.4 Å². The summed E-state index contributed by atoms with van der Waals surface area (Å²) >= 11 is 5.64. The van der Waals surface area contributed by atoms with Crippen molar-refractivity contribution < 1.29 is 9.18 Å². The summed E-state index contributed by atoms with van der Waals surface area (Å²) in [6.07, 6.45) is 5.14. The molecule has 2 aliphatic rings. The van der Waals surface area contributed by atoms with Crippen LogP contribution in [0.1, 0.15) is 42.8 Å². The van der Waals surface area contributed by atoms with E-state index in [1.54, 1.807) is 17.2 Å². The number of hydrogen-bond donors (Lipinski definition) is 3. The second kappa shape index (κ2) is 9.93. The van der Waals surface area contributed by atoms with E-state index in [1.165, 1.54) is 10.9 Å². The molecule has 4 aromatic heterocycles. The smallest absolute Gasteiger partial charge is 0.255 e. The van der Waals surface area contributed by atoms with Crippen molar-refractivity contribution in [1.82, 2.24) is 45.1 Å². The Morgan fingerprint density at radius 2 is 1.93 bits per heavy atom. The summed E-state index contributed by atoms with van der Waals surface area (Å²) in [4.78, 5) is 31.2. The van der Waals surface area contributed by atoms with Gasteiger partial charge in [0.25, 0.3) is 5.91 Å². The van der Waals surface area contributed by atoms with E-state index in [1.807, 2.05) is 39.0 Å². The summed E-state index contributed by atoms with van der Waals surface area (Å²) in [5.74, 6) is 1.93. The van der Waals surface area contributed by atoms with Gasteiger partial charge in [-0.2, -0.15) is 15.2 Å². The maximum absolute atomic E-state index is 13.8. The number of hydrogen-bond acceptors (Lipinski definition) is 9. The average molecular weight is 562 g/mol. The molecule has 14 heteroatoms. The fourth-order valence-corrected chi connectivity index (χ4v) is 5.58. The molecule has 0 bridgehead atoms. The third kappa shape index (κ3) is 4.74. The van der Waals surface area contributed by atoms with Crippen LogP contribution in [0.3, 0.4) is 0 Å². The van der Waals surface area contributed by atoms with E-state index >= 15 is 0 Å². The van der Waals surface area contributed by atoms with Gasteiger partial charge in [0.15, 0.2) is 22.6 Å². The molecule has 12 nitrogen and oxygen atoms in total. The number of carbonyl (C=O) groups excluding carboxylic acids is 1. The van der Waals surface area contributed by atoms with E-state index in [-0.39, 0.29) is 11.9 Å². The Morgan fingerprint density at radius 1 is 1.12 bits per heavy atom. The first kappa shape index (κ1) is 25.8. The highest BCUT2D eigenvalue weighted by atomic mass is 32.1. The van der Waals surface area contributed by atoms with Gasteiger partial charge in [0.2, 0.25) is 5.95 Å². The van der Waals surface area contributed by atoms with E-state index in [4.69, 9.17) is 17.2 Å². The predicted octanol–water partition coefficient (Wildman–Crippen LogP) is 3.10. The second-order valence-electron chi connectivity index (χ2n) is 10.2. The lowest BCUT2D eigenvalue weighted by Gasteiger charge is -2.38. The minimum absolute atomic E-state index is 0.0516. The standard InChI is InChI=1S/C26H28FN11OS/c1-15-10-20(31-21-11-16(2)34-35-21)32-24(30-15)36-8-6-26(7-9-36)23(39)38(25(40)33-26)17(3)18-4-5-22(28-12-18)37-14-19(27)13-29-37/h4-5,10-14,17H,6-9H2,1-3H3,(H,33,40)(H2,30,31,32,34,35)/t17-/m0/s1. The van der Waals surface area contributed by atoms with Crippen LogP contribution < -0.4 is 15.5 Å². The summed E-state index contributed by atoms with van der Waals surface area (Å²) in [6.45, 7) is 6.95. The molecule has 0 radical (unpaired) electrons. The van der Waals surface area contributed by atoms with Crippen LogP contribution in [-0.4, -0.2) is 69.5 Å². The first-order chi connectivity index (χ1) is 19.2. The van der Waals surface area contributed by atoms with E-state index in [9.17, 15) is 9.18 Å². The topological polar surface area (TPSA) is 133 Å². The number of amides is 1. The quantitative estimate of drug-likeness (QED) is 0.302. The highest BCUT2D eigenvalue weighted by Crippen LogP contribution is 2.35. The summed E-state index contributed by atoms with van der Waals surface area (Å²) in [7, 11) is 0. The molecular formula is C26H28FN11OS. The Labute approximate surface area is 235 Å². The highest BCUT2D eigenvalue weighted by Gasteiger charge is 2.52. The largest absolute Gasteiger partial charge is 0.348 e. The van der Waals surface area contributed by atoms with Gasteiger partial charge in [-0.15, -0.1) is 0 Å². The van der Waals surface area contributed by atoms with Crippen LogP contribution in [0.25, 0.3) is 5.82 Å². The van der Waals surface area contributed by atoms with Gasteiger partial charge in [0, 0.05) is 42.8 Å². The van der Waals surface area contributed by atoms with Crippen LogP contribution in [0, 0.1) is 19.7 Å². The number of piperidine rings is 1. The molecule has 0 saturated carbocycles. The van der Waals surface area contributed by atoms with Crippen molar-refractivity contribution in [3.05, 3.63) is 65.6 Å². The molecule has 0 unspecified atom stereocenters. The summed E-state index contributed by atoms with van der Waals surface area (Å²) in [5.41, 5.74) is 1.81. The molecular weight excluding hydrogens is 533 g/mol. The molecule has 1 spiro atoms. The molecule has 4 aromatic rings. The zero-order chi connectivity index (χ0) is 28.0. The van der Waals surface area contributed by atoms with Crippen molar-refractivity contribution in [1.29, 1.82) is 0 Å². The second-order valence-corrected chi connectivity index (χ2v) is 10.5. The van der Waals surface area contributed by atoms with Gasteiger partial charge >= 0.3 is 0 Å². The van der Waals surface area contributed by atoms with Crippen LogP contribution in [0.4, 0.5) is 22.0 Å². The number of carbonyl (C=O) groups is 1. The number of thiocarbonyl (C=S) groups is 1. The fourth-order valence-electron chi connectivity index (χ4n) is 5.15. The van der Waals surface area contributed by atoms with Crippen LogP contribution in [0.5, 0.6) is 0 Å². The molecule has 0 aliphatic carbocycles. The Balaban J connectivity index is 1.14. The molecule has 1 atom stereocenters. The predicted molar refractivity (Wildman–Crippen MR) is 150 cm³/mol. The molecule has 40 heavy (non-hydrogen) atoms. The zero-order valence-corrected chi connectivity index (χ0v) is 23.0. The minimum atomic E-state index is -0.778. The third-order valence-corrected chi connectivity index (χ3v) is 7.62. The molecule has 0 aromatic carbocycles. The number of nitrogens with one attached hydrogen (secondary N) is 3. The van der Waals surface area contributed by atoms with Crippen molar-refractivity contribution in [3.8, 4) is 5.82 Å². The Bertz CT molecular complexity index is 1580. The van der Waals surface area contributed by atoms with Crippen molar-refractivity contribution >= 4 is 40.8 Å². The lowest BCUT2D eigenvalue weighted by molar-refractivity contribution is -0.133. The van der Waals surface area contributed by atoms with E-state index in [0.717, 1.165) is 23.1 Å². The third-order valence-electron chi connectivity index (χ3n) is 7.32. The Hall–Kier alpha value is -4.46. The molecule has 2 aliphatic heterocycles. The number of nitrogens with zero attached hydrogens (tertiary/aromatic N) is 8. The number of rotatable bonds is 6. The number of halogens is 1. The van der Waals surface area contributed by atoms with Gasteiger partial charge in [-0.25, -0.2) is 19.0 Å². The van der Waals surface area contributed by atoms with Gasteiger partial charge in [-0.1, -0.05) is 6.07 Å². The SMILES string of the molecule is Cc1cc(Nc2cc(C)[nH]n2)nc(N2CCC3(CC2)NC(=S)N([C@@H](C)c2ccc(-n4cc(F)cn4)nc2)C3=O)n1. The number of anilines is 3. The molecule has 6 rings (SSSR count). The first-order valence-electron chi connectivity index (χ1n) is 12.9. The zero-order valence-electron chi connectivity index (χ0n) is 22.2. The molecule has 2 saturated heterocycles. The van der Waals surface area contributed by atoms with E-state index in [2.05, 4.69) is 40.8 Å². The van der Waals surface area contributed by atoms with Crippen LogP contribution in [0.15, 0.2) is 42.9 Å². The number of aryl methyl sites for hydroxylation is 2. The van der Waals surface area contributed by atoms with Crippen molar-refractivity contribution in [3.63, 3.8) is 0 Å². The van der Waals surface area contributed by atoms with E-state index in [0.29, 0.717) is 54.4 Å². The first-order valence-corrected chi connectivity index (χ1v) is 13.3. The normalized spacial score (nSPS) is 17.4. The Morgan fingerprint density at radius 3 is 2.58 bits per heavy atom. The van der Waals surface area contributed by atoms with Gasteiger partial charge in [0.05, 0.1) is 18.4 Å². The number of H-pyrrole nitrogens is 1. The molecule has 206 valence electrons. The molecule has 3 N–H and O–H groups in total. The summed E-state index contributed by atoms with van der Waals surface area (Å²) < 4.78 is 14.7. The summed E-state index contributed by atoms with van der Waals surface area (Å²) in [6, 6.07) is 7.02. The minimum Gasteiger partial charge on any atom is -0.348 e. The van der Waals surface area contributed by atoms with Crippen LogP contribution >= 0.6 is 12.2 Å². The Kier molecular flexibility index (Phi) is 6.41. The van der Waals surface area contributed by atoms with Crippen LogP contribution in [0.2, 0.25) is 0 Å². The van der Waals surface area contributed by atoms with Crippen LogP contribution in [-0.2, 0) is 4.79 Å². The summed E-state index contributed by atoms with van der Waals surface area (Å²) in [5, 5.41) is 18.0. The number of aromatic amines is 1. The molecule has 6 heterocycles. The number of pyridine rings is 1. The maximum atomic E-state index is 13.8. The average Bonchev–Trinajstić information content (AvgIpc) is 3.61. The van der Waals surface area contributed by atoms with Gasteiger partial charge in [-0.05, 0) is 57.5 Å². The van der Waals surface area contributed by atoms with Crippen molar-refractivity contribution in [2.45, 2.75) is 45.2 Å². The lowest BCUT2D eigenvalue weighted by atomic mass is 9.87. The molecule has 1 amide bonds. The molecule has 2 fully saturated rings. The maximum Gasteiger partial charge on any atom is 0.255 e. The highest BCUT2D eigenvalue weighted by molar-refractivity contribution is 7.80. The van der Waals surface area contributed by atoms with Gasteiger partial charge < -0.3 is 15.5 Å². The number of aromatic nitrogens is 7. The van der Waals surface area contributed by atoms with Crippen molar-refractivity contribution in [2.75, 3.05) is 23.3 Å². The fraction of sp³-hybridized carbons (Fsp3) is 0.346.